The van der Waals surface area contributed by atoms with Crippen molar-refractivity contribution in [2.24, 2.45) is 0 Å². The zero-order valence-corrected chi connectivity index (χ0v) is 15.1. The smallest absolute Gasteiger partial charge is 0.238 e. The highest BCUT2D eigenvalue weighted by molar-refractivity contribution is 9.11. The Labute approximate surface area is 146 Å². The molecule has 2 aromatic rings. The molecule has 0 spiro atoms. The molecule has 1 aromatic carbocycles. The van der Waals surface area contributed by atoms with Crippen molar-refractivity contribution in [2.45, 2.75) is 6.54 Å². The van der Waals surface area contributed by atoms with Crippen LogP contribution in [0.2, 0.25) is 10.0 Å². The van der Waals surface area contributed by atoms with Crippen LogP contribution in [0.15, 0.2) is 34.1 Å². The van der Waals surface area contributed by atoms with E-state index >= 15 is 0 Å². The number of benzene rings is 1. The SMILES string of the molecule is CN(CC(=O)Nc1cc(Cl)ccc1Cl)Cc1ccc(Br)s1. The van der Waals surface area contributed by atoms with Gasteiger partial charge in [0.15, 0.2) is 0 Å². The first-order valence-corrected chi connectivity index (χ1v) is 8.48. The van der Waals surface area contributed by atoms with Gasteiger partial charge in [0.2, 0.25) is 5.91 Å². The molecule has 0 radical (unpaired) electrons. The zero-order valence-electron chi connectivity index (χ0n) is 11.2. The Balaban J connectivity index is 1.90. The first kappa shape index (κ1) is 16.8. The molecule has 0 saturated heterocycles. The first-order valence-electron chi connectivity index (χ1n) is 6.11. The summed E-state index contributed by atoms with van der Waals surface area (Å²) in [5, 5.41) is 3.77. The molecule has 1 aromatic heterocycles. The van der Waals surface area contributed by atoms with Crippen molar-refractivity contribution in [2.75, 3.05) is 18.9 Å². The van der Waals surface area contributed by atoms with Crippen molar-refractivity contribution in [3.05, 3.63) is 49.0 Å². The highest BCUT2D eigenvalue weighted by Crippen LogP contribution is 2.25. The number of carbonyl (C=O) groups is 1. The van der Waals surface area contributed by atoms with Gasteiger partial charge in [-0.1, -0.05) is 23.2 Å². The van der Waals surface area contributed by atoms with Gasteiger partial charge in [0, 0.05) is 16.4 Å². The summed E-state index contributed by atoms with van der Waals surface area (Å²) in [6, 6.07) is 9.02. The number of rotatable bonds is 5. The van der Waals surface area contributed by atoms with Crippen LogP contribution in [-0.2, 0) is 11.3 Å². The Bertz CT molecular complexity index is 648. The van der Waals surface area contributed by atoms with E-state index in [9.17, 15) is 4.79 Å². The Morgan fingerprint density at radius 2 is 2.10 bits per heavy atom. The van der Waals surface area contributed by atoms with Gasteiger partial charge < -0.3 is 5.32 Å². The van der Waals surface area contributed by atoms with Gasteiger partial charge >= 0.3 is 0 Å². The second-order valence-electron chi connectivity index (χ2n) is 4.55. The van der Waals surface area contributed by atoms with Crippen molar-refractivity contribution in [3.8, 4) is 0 Å². The normalized spacial score (nSPS) is 10.9. The van der Waals surface area contributed by atoms with E-state index in [0.29, 0.717) is 22.3 Å². The molecule has 112 valence electrons. The number of halogens is 3. The summed E-state index contributed by atoms with van der Waals surface area (Å²) in [7, 11) is 1.90. The van der Waals surface area contributed by atoms with Gasteiger partial charge in [-0.05, 0) is 53.3 Å². The minimum Gasteiger partial charge on any atom is -0.324 e. The number of hydrogen-bond acceptors (Lipinski definition) is 3. The van der Waals surface area contributed by atoms with Crippen molar-refractivity contribution in [3.63, 3.8) is 0 Å². The predicted molar refractivity (Wildman–Crippen MR) is 93.4 cm³/mol. The summed E-state index contributed by atoms with van der Waals surface area (Å²) < 4.78 is 1.08. The number of hydrogen-bond donors (Lipinski definition) is 1. The van der Waals surface area contributed by atoms with Gasteiger partial charge in [-0.3, -0.25) is 9.69 Å². The van der Waals surface area contributed by atoms with E-state index in [1.807, 2.05) is 24.1 Å². The lowest BCUT2D eigenvalue weighted by molar-refractivity contribution is -0.117. The van der Waals surface area contributed by atoms with Gasteiger partial charge in [-0.25, -0.2) is 0 Å². The molecule has 3 nitrogen and oxygen atoms in total. The number of nitrogens with one attached hydrogen (secondary N) is 1. The highest BCUT2D eigenvalue weighted by Gasteiger charge is 2.10. The summed E-state index contributed by atoms with van der Waals surface area (Å²) in [6.07, 6.45) is 0. The molecule has 1 heterocycles. The molecule has 0 unspecified atom stereocenters. The number of thiophene rings is 1. The van der Waals surface area contributed by atoms with Gasteiger partial charge in [0.05, 0.1) is 21.0 Å². The molecule has 0 bridgehead atoms. The molecule has 0 saturated carbocycles. The number of nitrogens with zero attached hydrogens (tertiary/aromatic N) is 1. The third-order valence-corrected chi connectivity index (χ3v) is 4.84. The van der Waals surface area contributed by atoms with Crippen LogP contribution in [0.3, 0.4) is 0 Å². The Morgan fingerprint density at radius 3 is 2.76 bits per heavy atom. The molecule has 0 aliphatic rings. The van der Waals surface area contributed by atoms with Crippen molar-refractivity contribution in [1.29, 1.82) is 0 Å². The number of amides is 1. The number of carbonyl (C=O) groups excluding carboxylic acids is 1. The molecule has 0 fully saturated rings. The maximum Gasteiger partial charge on any atom is 0.238 e. The molecule has 21 heavy (non-hydrogen) atoms. The van der Waals surface area contributed by atoms with Crippen LogP contribution in [0.25, 0.3) is 0 Å². The summed E-state index contributed by atoms with van der Waals surface area (Å²) in [4.78, 5) is 15.2. The van der Waals surface area contributed by atoms with Crippen LogP contribution in [0, 0.1) is 0 Å². The van der Waals surface area contributed by atoms with Crippen molar-refractivity contribution in [1.82, 2.24) is 4.90 Å². The summed E-state index contributed by atoms with van der Waals surface area (Å²) in [5.74, 6) is -0.128. The van der Waals surface area contributed by atoms with Crippen LogP contribution >= 0.6 is 50.5 Å². The lowest BCUT2D eigenvalue weighted by Gasteiger charge is -2.15. The third-order valence-electron chi connectivity index (χ3n) is 2.67. The van der Waals surface area contributed by atoms with E-state index in [1.54, 1.807) is 29.5 Å². The summed E-state index contributed by atoms with van der Waals surface area (Å²) in [5.41, 5.74) is 0.529. The molecule has 1 amide bonds. The quantitative estimate of drug-likeness (QED) is 0.765. The number of anilines is 1. The van der Waals surface area contributed by atoms with E-state index in [2.05, 4.69) is 21.2 Å². The fraction of sp³-hybridized carbons (Fsp3) is 0.214. The predicted octanol–water partition coefficient (Wildman–Crippen LogP) is 4.89. The van der Waals surface area contributed by atoms with Gasteiger partial charge in [0.1, 0.15) is 0 Å². The largest absolute Gasteiger partial charge is 0.324 e. The van der Waals surface area contributed by atoms with Crippen LogP contribution in [0.1, 0.15) is 4.88 Å². The van der Waals surface area contributed by atoms with Crippen LogP contribution in [0.4, 0.5) is 5.69 Å². The Hall–Kier alpha value is -0.590. The van der Waals surface area contributed by atoms with Crippen LogP contribution in [0.5, 0.6) is 0 Å². The monoisotopic (exact) mass is 406 g/mol. The summed E-state index contributed by atoms with van der Waals surface area (Å²) in [6.45, 7) is 0.991. The molecule has 7 heteroatoms. The van der Waals surface area contributed by atoms with E-state index in [0.717, 1.165) is 3.79 Å². The maximum atomic E-state index is 12.0. The molecule has 0 aliphatic carbocycles. The second kappa shape index (κ2) is 7.61. The molecule has 1 N–H and O–H groups in total. The molecule has 0 atom stereocenters. The Morgan fingerprint density at radius 1 is 1.33 bits per heavy atom. The molecular weight excluding hydrogens is 395 g/mol. The lowest BCUT2D eigenvalue weighted by Crippen LogP contribution is -2.29. The van der Waals surface area contributed by atoms with Gasteiger partial charge in [-0.15, -0.1) is 11.3 Å². The lowest BCUT2D eigenvalue weighted by atomic mass is 10.3. The topological polar surface area (TPSA) is 32.3 Å². The zero-order chi connectivity index (χ0) is 15.4. The molecular formula is C14H13BrCl2N2OS. The Kier molecular flexibility index (Phi) is 6.08. The standard InChI is InChI=1S/C14H13BrCl2N2OS/c1-19(7-10-3-5-13(15)21-10)8-14(20)18-12-6-9(16)2-4-11(12)17/h2-6H,7-8H2,1H3,(H,18,20). The van der Waals surface area contributed by atoms with Crippen molar-refractivity contribution >= 4 is 62.1 Å². The average molecular weight is 408 g/mol. The van der Waals surface area contributed by atoms with Crippen LogP contribution < -0.4 is 5.32 Å². The van der Waals surface area contributed by atoms with Crippen molar-refractivity contribution < 1.29 is 4.79 Å². The second-order valence-corrected chi connectivity index (χ2v) is 7.94. The van der Waals surface area contributed by atoms with E-state index in [-0.39, 0.29) is 12.5 Å². The first-order chi connectivity index (χ1) is 9.94. The van der Waals surface area contributed by atoms with E-state index in [1.165, 1.54) is 4.88 Å². The summed E-state index contributed by atoms with van der Waals surface area (Å²) >= 11 is 17.0. The van der Waals surface area contributed by atoms with E-state index in [4.69, 9.17) is 23.2 Å². The van der Waals surface area contributed by atoms with Gasteiger partial charge in [0.25, 0.3) is 0 Å². The van der Waals surface area contributed by atoms with Gasteiger partial charge in [-0.2, -0.15) is 0 Å². The molecule has 2 rings (SSSR count). The molecule has 0 aliphatic heterocycles. The average Bonchev–Trinajstić information content (AvgIpc) is 2.79. The third kappa shape index (κ3) is 5.27. The fourth-order valence-electron chi connectivity index (χ4n) is 1.79. The fourth-order valence-corrected chi connectivity index (χ4v) is 3.69. The number of likely N-dealkylation sites (N-methyl/N-ethyl adjacent to an activating group) is 1. The maximum absolute atomic E-state index is 12.0. The minimum absolute atomic E-state index is 0.128. The van der Waals surface area contributed by atoms with E-state index < -0.39 is 0 Å². The minimum atomic E-state index is -0.128. The van der Waals surface area contributed by atoms with Crippen LogP contribution in [-0.4, -0.2) is 24.4 Å². The highest BCUT2D eigenvalue weighted by atomic mass is 79.9.